The van der Waals surface area contributed by atoms with Crippen LogP contribution in [-0.2, 0) is 0 Å². The number of hydrogen-bond acceptors (Lipinski definition) is 3. The molecule has 5 heteroatoms. The van der Waals surface area contributed by atoms with Crippen molar-refractivity contribution in [1.82, 2.24) is 4.90 Å². The van der Waals surface area contributed by atoms with Gasteiger partial charge in [-0.25, -0.2) is 0 Å². The number of β-amino-alcohol motifs (C(OH)–C–C–N with tert-alkyl or cyclic N) is 2. The van der Waals surface area contributed by atoms with Crippen LogP contribution in [0.4, 0.5) is 0 Å². The highest BCUT2D eigenvalue weighted by molar-refractivity contribution is 6.29. The van der Waals surface area contributed by atoms with E-state index in [1.165, 1.54) is 0 Å². The molecule has 0 aromatic carbocycles. The Bertz CT molecular complexity index is 168. The first-order valence-electron chi connectivity index (χ1n) is 3.99. The minimum Gasteiger partial charge on any atom is -0.392 e. The van der Waals surface area contributed by atoms with Crippen LogP contribution in [0.3, 0.4) is 0 Å². The molecule has 1 saturated heterocycles. The van der Waals surface area contributed by atoms with Crippen molar-refractivity contribution in [3.8, 4) is 0 Å². The van der Waals surface area contributed by atoms with Gasteiger partial charge in [0, 0.05) is 31.1 Å². The molecule has 0 radical (unpaired) electrons. The zero-order chi connectivity index (χ0) is 9.14. The summed E-state index contributed by atoms with van der Waals surface area (Å²) in [5.41, 5.74) is 0. The summed E-state index contributed by atoms with van der Waals surface area (Å²) in [4.78, 5) is 1.90. The van der Waals surface area contributed by atoms with E-state index in [9.17, 15) is 10.2 Å². The van der Waals surface area contributed by atoms with E-state index in [0.29, 0.717) is 31.1 Å². The quantitative estimate of drug-likeness (QED) is 0.726. The van der Waals surface area contributed by atoms with Gasteiger partial charge in [0.15, 0.2) is 0 Å². The summed E-state index contributed by atoms with van der Waals surface area (Å²) in [5.74, 6) is 0. The van der Waals surface area contributed by atoms with Crippen molar-refractivity contribution >= 4 is 24.0 Å². The first-order chi connectivity index (χ1) is 5.58. The second kappa shape index (κ2) is 5.83. The summed E-state index contributed by atoms with van der Waals surface area (Å²) in [6.07, 6.45) is -0.417. The van der Waals surface area contributed by atoms with E-state index in [0.717, 1.165) is 0 Å². The van der Waals surface area contributed by atoms with Crippen LogP contribution in [0.1, 0.15) is 6.42 Å². The molecule has 2 atom stereocenters. The van der Waals surface area contributed by atoms with Gasteiger partial charge in [0.05, 0.1) is 12.2 Å². The molecular formula is C8H15Cl2NO2. The first-order valence-corrected chi connectivity index (χ1v) is 4.37. The van der Waals surface area contributed by atoms with Gasteiger partial charge in [-0.1, -0.05) is 18.2 Å². The topological polar surface area (TPSA) is 43.7 Å². The predicted molar refractivity (Wildman–Crippen MR) is 55.3 cm³/mol. The molecule has 0 amide bonds. The van der Waals surface area contributed by atoms with Crippen LogP contribution < -0.4 is 0 Å². The molecule has 1 rings (SSSR count). The monoisotopic (exact) mass is 227 g/mol. The van der Waals surface area contributed by atoms with E-state index in [1.807, 2.05) is 4.90 Å². The Morgan fingerprint density at radius 3 is 2.23 bits per heavy atom. The molecule has 1 aliphatic rings. The first kappa shape index (κ1) is 13.2. The molecule has 1 aliphatic heterocycles. The fourth-order valence-electron chi connectivity index (χ4n) is 1.51. The Hall–Kier alpha value is 0.200. The van der Waals surface area contributed by atoms with Gasteiger partial charge in [-0.05, 0) is 0 Å². The van der Waals surface area contributed by atoms with E-state index >= 15 is 0 Å². The number of nitrogens with zero attached hydrogens (tertiary/aromatic N) is 1. The van der Waals surface area contributed by atoms with E-state index < -0.39 is 12.2 Å². The van der Waals surface area contributed by atoms with Crippen molar-refractivity contribution in [2.24, 2.45) is 0 Å². The number of halogens is 2. The molecule has 13 heavy (non-hydrogen) atoms. The average molecular weight is 228 g/mol. The summed E-state index contributed by atoms with van der Waals surface area (Å²) in [7, 11) is 0. The van der Waals surface area contributed by atoms with Gasteiger partial charge in [-0.2, -0.15) is 0 Å². The minimum absolute atomic E-state index is 0. The van der Waals surface area contributed by atoms with E-state index in [2.05, 4.69) is 6.58 Å². The maximum Gasteiger partial charge on any atom is 0.0692 e. The third-order valence-corrected chi connectivity index (χ3v) is 2.00. The summed E-state index contributed by atoms with van der Waals surface area (Å²) in [6.45, 7) is 5.24. The van der Waals surface area contributed by atoms with Crippen LogP contribution in [-0.4, -0.2) is 47.0 Å². The number of aliphatic hydroxyl groups is 2. The van der Waals surface area contributed by atoms with Crippen LogP contribution in [0, 0.1) is 0 Å². The van der Waals surface area contributed by atoms with Gasteiger partial charge in [0.2, 0.25) is 0 Å². The van der Waals surface area contributed by atoms with Crippen molar-refractivity contribution < 1.29 is 10.2 Å². The highest BCUT2D eigenvalue weighted by Crippen LogP contribution is 2.12. The molecule has 0 spiro atoms. The van der Waals surface area contributed by atoms with Crippen LogP contribution >= 0.6 is 24.0 Å². The number of likely N-dealkylation sites (tertiary alicyclic amines) is 1. The molecule has 3 nitrogen and oxygen atoms in total. The van der Waals surface area contributed by atoms with Crippen LogP contribution in [0.15, 0.2) is 11.6 Å². The fraction of sp³-hybridized carbons (Fsp3) is 0.750. The predicted octanol–water partition coefficient (Wildman–Crippen LogP) is 0.588. The smallest absolute Gasteiger partial charge is 0.0692 e. The van der Waals surface area contributed by atoms with Crippen LogP contribution in [0.2, 0.25) is 0 Å². The molecule has 2 N–H and O–H groups in total. The third kappa shape index (κ3) is 4.84. The third-order valence-electron chi connectivity index (χ3n) is 1.88. The molecule has 0 aliphatic carbocycles. The van der Waals surface area contributed by atoms with Crippen LogP contribution in [0.5, 0.6) is 0 Å². The normalized spacial score (nSPS) is 29.5. The number of hydrogen-bond donors (Lipinski definition) is 2. The second-order valence-electron chi connectivity index (χ2n) is 3.25. The highest BCUT2D eigenvalue weighted by Gasteiger charge is 2.23. The maximum atomic E-state index is 9.29. The summed E-state index contributed by atoms with van der Waals surface area (Å²) in [5, 5.41) is 19.1. The van der Waals surface area contributed by atoms with E-state index in [4.69, 9.17) is 11.6 Å². The lowest BCUT2D eigenvalue weighted by molar-refractivity contribution is -0.00383. The Balaban J connectivity index is 0.00000144. The highest BCUT2D eigenvalue weighted by atomic mass is 35.5. The minimum atomic E-state index is -0.440. The fourth-order valence-corrected chi connectivity index (χ4v) is 1.67. The summed E-state index contributed by atoms with van der Waals surface area (Å²) < 4.78 is 0. The molecule has 0 aromatic rings. The summed E-state index contributed by atoms with van der Waals surface area (Å²) >= 11 is 5.61. The molecule has 0 saturated carbocycles. The van der Waals surface area contributed by atoms with Gasteiger partial charge in [-0.15, -0.1) is 12.4 Å². The van der Waals surface area contributed by atoms with Crippen molar-refractivity contribution in [2.75, 3.05) is 19.6 Å². The zero-order valence-electron chi connectivity index (χ0n) is 7.32. The molecule has 0 bridgehead atoms. The number of aliphatic hydroxyl groups excluding tert-OH is 2. The number of piperidine rings is 1. The van der Waals surface area contributed by atoms with Gasteiger partial charge in [0.25, 0.3) is 0 Å². The molecular weight excluding hydrogens is 213 g/mol. The standard InChI is InChI=1S/C8H14ClNO2.ClH/c1-6(9)3-10-4-7(11)2-8(12)5-10;/h7-8,11-12H,1-5H2;1H/t7-,8+;. The Kier molecular flexibility index (Phi) is 5.92. The number of rotatable bonds is 2. The lowest BCUT2D eigenvalue weighted by atomic mass is 10.1. The largest absolute Gasteiger partial charge is 0.392 e. The molecule has 1 fully saturated rings. The Labute approximate surface area is 89.4 Å². The lowest BCUT2D eigenvalue weighted by Gasteiger charge is -2.32. The molecule has 78 valence electrons. The lowest BCUT2D eigenvalue weighted by Crippen LogP contribution is -2.45. The Morgan fingerprint density at radius 1 is 1.38 bits per heavy atom. The molecule has 0 aromatic heterocycles. The molecule has 1 heterocycles. The van der Waals surface area contributed by atoms with E-state index in [-0.39, 0.29) is 12.4 Å². The van der Waals surface area contributed by atoms with Crippen LogP contribution in [0.25, 0.3) is 0 Å². The maximum absolute atomic E-state index is 9.29. The average Bonchev–Trinajstić information content (AvgIpc) is 1.81. The van der Waals surface area contributed by atoms with Gasteiger partial charge in [-0.3, -0.25) is 4.90 Å². The Morgan fingerprint density at radius 2 is 1.85 bits per heavy atom. The second-order valence-corrected chi connectivity index (χ2v) is 3.79. The van der Waals surface area contributed by atoms with Crippen molar-refractivity contribution in [3.63, 3.8) is 0 Å². The van der Waals surface area contributed by atoms with Gasteiger partial charge in [0.1, 0.15) is 0 Å². The molecule has 0 unspecified atom stereocenters. The van der Waals surface area contributed by atoms with Gasteiger partial charge < -0.3 is 10.2 Å². The van der Waals surface area contributed by atoms with Gasteiger partial charge >= 0.3 is 0 Å². The van der Waals surface area contributed by atoms with Crippen molar-refractivity contribution in [2.45, 2.75) is 18.6 Å². The zero-order valence-corrected chi connectivity index (χ0v) is 8.89. The SMILES string of the molecule is C=C(Cl)CN1C[C@H](O)C[C@H](O)C1.Cl. The van der Waals surface area contributed by atoms with Crippen molar-refractivity contribution in [1.29, 1.82) is 0 Å². The van der Waals surface area contributed by atoms with Crippen molar-refractivity contribution in [3.05, 3.63) is 11.6 Å². The van der Waals surface area contributed by atoms with E-state index in [1.54, 1.807) is 0 Å². The summed E-state index contributed by atoms with van der Waals surface area (Å²) in [6, 6.07) is 0.